The molecule has 4 heteroatoms. The van der Waals surface area contributed by atoms with E-state index in [4.69, 9.17) is 21.6 Å². The minimum Gasteiger partial charge on any atom is -0.469 e. The fraction of sp³-hybridized carbons (Fsp3) is 0.250. The molecule has 0 radical (unpaired) electrons. The van der Waals surface area contributed by atoms with Gasteiger partial charge in [-0.25, -0.2) is 4.98 Å². The van der Waals surface area contributed by atoms with Crippen molar-refractivity contribution in [1.29, 1.82) is 5.26 Å². The Labute approximate surface area is 122 Å². The fourth-order valence-corrected chi connectivity index (χ4v) is 2.78. The van der Waals surface area contributed by atoms with Crippen molar-refractivity contribution in [2.45, 2.75) is 25.4 Å². The average molecular weight is 285 g/mol. The van der Waals surface area contributed by atoms with E-state index in [2.05, 4.69) is 23.2 Å². The highest BCUT2D eigenvalue weighted by molar-refractivity contribution is 6.29. The highest BCUT2D eigenvalue weighted by atomic mass is 35.5. The van der Waals surface area contributed by atoms with Crippen molar-refractivity contribution >= 4 is 11.6 Å². The molecular weight excluding hydrogens is 272 g/mol. The molecule has 0 aliphatic heterocycles. The van der Waals surface area contributed by atoms with Crippen molar-refractivity contribution in [3.05, 3.63) is 58.2 Å². The molecule has 0 amide bonds. The lowest BCUT2D eigenvalue weighted by Gasteiger charge is -2.25. The molecule has 1 aliphatic rings. The number of fused-ring (bicyclic) bond motifs is 1. The van der Waals surface area contributed by atoms with Gasteiger partial charge in [0, 0.05) is 6.07 Å². The molecule has 1 aromatic heterocycles. The molecule has 1 aliphatic carbocycles. The van der Waals surface area contributed by atoms with E-state index in [9.17, 15) is 0 Å². The Hall–Kier alpha value is -2.05. The zero-order chi connectivity index (χ0) is 13.9. The van der Waals surface area contributed by atoms with Gasteiger partial charge in [0.15, 0.2) is 0 Å². The van der Waals surface area contributed by atoms with E-state index < -0.39 is 0 Å². The third kappa shape index (κ3) is 2.61. The first-order chi connectivity index (χ1) is 9.76. The monoisotopic (exact) mass is 284 g/mol. The zero-order valence-electron chi connectivity index (χ0n) is 10.8. The minimum absolute atomic E-state index is 0.0162. The molecule has 100 valence electrons. The lowest BCUT2D eigenvalue weighted by atomic mass is 9.89. The van der Waals surface area contributed by atoms with Gasteiger partial charge in [-0.05, 0) is 36.5 Å². The number of benzene rings is 1. The van der Waals surface area contributed by atoms with Gasteiger partial charge < -0.3 is 4.74 Å². The number of ether oxygens (including phenoxy) is 1. The number of nitriles is 1. The van der Waals surface area contributed by atoms with Gasteiger partial charge in [0.1, 0.15) is 11.3 Å². The Kier molecular flexibility index (Phi) is 3.58. The van der Waals surface area contributed by atoms with Gasteiger partial charge in [0.05, 0.1) is 11.6 Å². The van der Waals surface area contributed by atoms with Crippen LogP contribution in [0.15, 0.2) is 36.4 Å². The second-order valence-corrected chi connectivity index (χ2v) is 5.21. The molecule has 0 spiro atoms. The van der Waals surface area contributed by atoms with E-state index in [1.165, 1.54) is 17.2 Å². The van der Waals surface area contributed by atoms with E-state index in [1.54, 1.807) is 6.07 Å². The lowest BCUT2D eigenvalue weighted by Crippen LogP contribution is -2.15. The van der Waals surface area contributed by atoms with Crippen LogP contribution >= 0.6 is 11.6 Å². The quantitative estimate of drug-likeness (QED) is 0.781. The van der Waals surface area contributed by atoms with E-state index in [0.717, 1.165) is 19.3 Å². The Morgan fingerprint density at radius 1 is 1.30 bits per heavy atom. The summed E-state index contributed by atoms with van der Waals surface area (Å²) in [4.78, 5) is 4.14. The van der Waals surface area contributed by atoms with Crippen molar-refractivity contribution < 1.29 is 4.74 Å². The van der Waals surface area contributed by atoms with E-state index in [1.807, 2.05) is 12.1 Å². The number of pyridine rings is 1. The zero-order valence-corrected chi connectivity index (χ0v) is 11.6. The van der Waals surface area contributed by atoms with Gasteiger partial charge in [-0.15, -0.1) is 0 Å². The molecule has 20 heavy (non-hydrogen) atoms. The first kappa shape index (κ1) is 13.0. The minimum atomic E-state index is -0.0162. The summed E-state index contributed by atoms with van der Waals surface area (Å²) in [6.45, 7) is 0. The van der Waals surface area contributed by atoms with Gasteiger partial charge in [-0.2, -0.15) is 5.26 Å². The van der Waals surface area contributed by atoms with Crippen LogP contribution in [-0.2, 0) is 6.42 Å². The van der Waals surface area contributed by atoms with Crippen LogP contribution in [0.1, 0.15) is 35.6 Å². The standard InChI is InChI=1S/C16H13ClN2O/c17-15-8-11(10-18)9-16(19-15)20-14-7-3-5-12-4-1-2-6-13(12)14/h1-2,4,6,8-9,14H,3,5,7H2. The van der Waals surface area contributed by atoms with Crippen molar-refractivity contribution in [1.82, 2.24) is 4.98 Å². The summed E-state index contributed by atoms with van der Waals surface area (Å²) in [7, 11) is 0. The highest BCUT2D eigenvalue weighted by Crippen LogP contribution is 2.33. The fourth-order valence-electron chi connectivity index (χ4n) is 2.58. The van der Waals surface area contributed by atoms with Crippen molar-refractivity contribution in [3.8, 4) is 11.9 Å². The second kappa shape index (κ2) is 5.52. The normalized spacial score (nSPS) is 17.1. The third-order valence-corrected chi connectivity index (χ3v) is 3.67. The molecule has 1 unspecified atom stereocenters. The van der Waals surface area contributed by atoms with Gasteiger partial charge in [-0.1, -0.05) is 35.9 Å². The predicted molar refractivity (Wildman–Crippen MR) is 76.7 cm³/mol. The van der Waals surface area contributed by atoms with E-state index >= 15 is 0 Å². The Balaban J connectivity index is 1.89. The average Bonchev–Trinajstić information content (AvgIpc) is 2.47. The van der Waals surface area contributed by atoms with E-state index in [-0.39, 0.29) is 11.3 Å². The van der Waals surface area contributed by atoms with Crippen molar-refractivity contribution in [2.75, 3.05) is 0 Å². The summed E-state index contributed by atoms with van der Waals surface area (Å²) in [5.41, 5.74) is 2.99. The Morgan fingerprint density at radius 2 is 2.15 bits per heavy atom. The maximum Gasteiger partial charge on any atom is 0.216 e. The third-order valence-electron chi connectivity index (χ3n) is 3.48. The Morgan fingerprint density at radius 3 is 3.00 bits per heavy atom. The molecule has 0 saturated heterocycles. The van der Waals surface area contributed by atoms with Crippen LogP contribution in [0.4, 0.5) is 0 Å². The number of rotatable bonds is 2. The summed E-state index contributed by atoms with van der Waals surface area (Å²) < 4.78 is 5.96. The molecule has 1 atom stereocenters. The number of hydrogen-bond donors (Lipinski definition) is 0. The smallest absolute Gasteiger partial charge is 0.216 e. The number of halogens is 1. The summed E-state index contributed by atoms with van der Waals surface area (Å²) in [5, 5.41) is 9.24. The molecule has 1 heterocycles. The Bertz CT molecular complexity index is 678. The molecule has 3 rings (SSSR count). The van der Waals surface area contributed by atoms with Crippen molar-refractivity contribution in [3.63, 3.8) is 0 Å². The van der Waals surface area contributed by atoms with Crippen LogP contribution in [0, 0.1) is 11.3 Å². The SMILES string of the molecule is N#Cc1cc(Cl)nc(OC2CCCc3ccccc32)c1. The largest absolute Gasteiger partial charge is 0.469 e. The molecule has 3 nitrogen and oxygen atoms in total. The molecule has 1 aromatic carbocycles. The summed E-state index contributed by atoms with van der Waals surface area (Å²) >= 11 is 5.90. The molecule has 0 N–H and O–H groups in total. The molecule has 0 bridgehead atoms. The van der Waals surface area contributed by atoms with Crippen LogP contribution < -0.4 is 4.74 Å². The molecule has 2 aromatic rings. The summed E-state index contributed by atoms with van der Waals surface area (Å²) in [6, 6.07) is 13.5. The summed E-state index contributed by atoms with van der Waals surface area (Å²) in [5.74, 6) is 0.413. The number of hydrogen-bond acceptors (Lipinski definition) is 3. The van der Waals surface area contributed by atoms with Gasteiger partial charge >= 0.3 is 0 Å². The number of aromatic nitrogens is 1. The van der Waals surface area contributed by atoms with Crippen LogP contribution in [0.25, 0.3) is 0 Å². The first-order valence-corrected chi connectivity index (χ1v) is 6.96. The molecule has 0 saturated carbocycles. The van der Waals surface area contributed by atoms with Gasteiger partial charge in [-0.3, -0.25) is 0 Å². The summed E-state index contributed by atoms with van der Waals surface area (Å²) in [6.07, 6.45) is 3.11. The van der Waals surface area contributed by atoms with E-state index in [0.29, 0.717) is 11.4 Å². The van der Waals surface area contributed by atoms with Crippen LogP contribution in [0.3, 0.4) is 0 Å². The molecular formula is C16H13ClN2O. The highest BCUT2D eigenvalue weighted by Gasteiger charge is 2.21. The number of nitrogens with zero attached hydrogens (tertiary/aromatic N) is 2. The van der Waals surface area contributed by atoms with Crippen LogP contribution in [0.2, 0.25) is 5.15 Å². The van der Waals surface area contributed by atoms with Gasteiger partial charge in [0.25, 0.3) is 0 Å². The first-order valence-electron chi connectivity index (χ1n) is 6.58. The van der Waals surface area contributed by atoms with Gasteiger partial charge in [0.2, 0.25) is 5.88 Å². The maximum absolute atomic E-state index is 8.96. The lowest BCUT2D eigenvalue weighted by molar-refractivity contribution is 0.176. The predicted octanol–water partition coefficient (Wildman–Crippen LogP) is 4.06. The topological polar surface area (TPSA) is 45.9 Å². The van der Waals surface area contributed by atoms with Crippen LogP contribution in [-0.4, -0.2) is 4.98 Å². The second-order valence-electron chi connectivity index (χ2n) is 4.83. The molecule has 0 fully saturated rings. The van der Waals surface area contributed by atoms with Crippen molar-refractivity contribution in [2.24, 2.45) is 0 Å². The maximum atomic E-state index is 8.96. The van der Waals surface area contributed by atoms with Crippen LogP contribution in [0.5, 0.6) is 5.88 Å². The number of aryl methyl sites for hydroxylation is 1.